The summed E-state index contributed by atoms with van der Waals surface area (Å²) in [5, 5.41) is 4.33. The molecule has 29 heavy (non-hydrogen) atoms. The summed E-state index contributed by atoms with van der Waals surface area (Å²) in [7, 11) is 1.38. The zero-order valence-corrected chi connectivity index (χ0v) is 16.2. The van der Waals surface area contributed by atoms with Gasteiger partial charge in [-0.05, 0) is 66.8 Å². The molecule has 146 valence electrons. The molecule has 1 aliphatic heterocycles. The molecule has 2 aromatic carbocycles. The number of rotatable bonds is 3. The summed E-state index contributed by atoms with van der Waals surface area (Å²) in [5.41, 5.74) is 7.29. The summed E-state index contributed by atoms with van der Waals surface area (Å²) in [6.45, 7) is 0.631. The largest absolute Gasteiger partial charge is 0.465 e. The van der Waals surface area contributed by atoms with Crippen molar-refractivity contribution in [3.05, 3.63) is 82.4 Å². The highest BCUT2D eigenvalue weighted by Crippen LogP contribution is 2.40. The highest BCUT2D eigenvalue weighted by atomic mass is 19.1. The van der Waals surface area contributed by atoms with Crippen molar-refractivity contribution in [1.82, 2.24) is 9.88 Å². The Morgan fingerprint density at radius 2 is 1.97 bits per heavy atom. The highest BCUT2D eigenvalue weighted by molar-refractivity contribution is 5.99. The first-order valence-corrected chi connectivity index (χ1v) is 9.80. The smallest absolute Gasteiger partial charge is 0.337 e. The van der Waals surface area contributed by atoms with Crippen LogP contribution in [-0.2, 0) is 11.3 Å². The van der Waals surface area contributed by atoms with E-state index in [1.54, 1.807) is 18.2 Å². The maximum absolute atomic E-state index is 14.1. The lowest BCUT2D eigenvalue weighted by Gasteiger charge is -2.25. The van der Waals surface area contributed by atoms with Gasteiger partial charge in [0.05, 0.1) is 18.4 Å². The Labute approximate surface area is 168 Å². The van der Waals surface area contributed by atoms with Gasteiger partial charge in [-0.25, -0.2) is 9.18 Å². The second-order valence-corrected chi connectivity index (χ2v) is 7.51. The number of carbonyl (C=O) groups excluding carboxylic acids is 1. The van der Waals surface area contributed by atoms with Crippen LogP contribution in [-0.4, -0.2) is 17.6 Å². The van der Waals surface area contributed by atoms with E-state index < -0.39 is 0 Å². The van der Waals surface area contributed by atoms with Gasteiger partial charge in [-0.2, -0.15) is 0 Å². The van der Waals surface area contributed by atoms with Crippen molar-refractivity contribution in [2.75, 3.05) is 7.11 Å². The lowest BCUT2D eigenvalue weighted by Crippen LogP contribution is -2.16. The predicted molar refractivity (Wildman–Crippen MR) is 112 cm³/mol. The van der Waals surface area contributed by atoms with Crippen LogP contribution < -0.4 is 5.32 Å². The van der Waals surface area contributed by atoms with Crippen molar-refractivity contribution in [2.45, 2.75) is 25.8 Å². The molecule has 1 N–H and O–H groups in total. The number of allylic oxidation sites excluding steroid dienone is 1. The Bertz CT molecular complexity index is 1180. The second kappa shape index (κ2) is 6.92. The predicted octanol–water partition coefficient (Wildman–Crippen LogP) is 5.08. The normalized spacial score (nSPS) is 15.1. The standard InChI is InChI=1S/C24H21FN2O2/c1-29-24(28)17-7-5-15(6-8-17)14-27-20-10-9-18(25)13-19(20)22-21(27)11-12-26-23(22)16-3-2-4-16/h5-13,26H,2-4,14H2,1H3. The molecule has 1 aromatic heterocycles. The van der Waals surface area contributed by atoms with Crippen molar-refractivity contribution in [3.8, 4) is 0 Å². The molecule has 0 atom stereocenters. The van der Waals surface area contributed by atoms with E-state index in [1.807, 2.05) is 24.4 Å². The Kier molecular flexibility index (Phi) is 4.23. The summed E-state index contributed by atoms with van der Waals surface area (Å²) in [6.07, 6.45) is 7.41. The Hall–Kier alpha value is -3.34. The molecule has 2 heterocycles. The lowest BCUT2D eigenvalue weighted by atomic mass is 9.87. The number of carbonyl (C=O) groups is 1. The van der Waals surface area contributed by atoms with Crippen molar-refractivity contribution in [1.29, 1.82) is 0 Å². The van der Waals surface area contributed by atoms with E-state index in [9.17, 15) is 9.18 Å². The number of benzene rings is 2. The number of halogens is 1. The fraction of sp³-hybridized carbons (Fsp3) is 0.208. The zero-order valence-electron chi connectivity index (χ0n) is 16.2. The third-order valence-corrected chi connectivity index (χ3v) is 5.81. The molecule has 4 nitrogen and oxygen atoms in total. The molecule has 1 fully saturated rings. The van der Waals surface area contributed by atoms with E-state index in [2.05, 4.69) is 16.0 Å². The number of methoxy groups -OCH3 is 1. The van der Waals surface area contributed by atoms with Gasteiger partial charge in [0.2, 0.25) is 0 Å². The van der Waals surface area contributed by atoms with Crippen LogP contribution in [0.25, 0.3) is 22.7 Å². The number of aromatic nitrogens is 1. The van der Waals surface area contributed by atoms with E-state index in [0.717, 1.165) is 46.3 Å². The van der Waals surface area contributed by atoms with Crippen molar-refractivity contribution < 1.29 is 13.9 Å². The van der Waals surface area contributed by atoms with Gasteiger partial charge in [0.1, 0.15) is 5.82 Å². The topological polar surface area (TPSA) is 43.3 Å². The minimum Gasteiger partial charge on any atom is -0.465 e. The van der Waals surface area contributed by atoms with E-state index in [0.29, 0.717) is 12.1 Å². The minimum atomic E-state index is -0.346. The molecular weight excluding hydrogens is 367 g/mol. The Balaban J connectivity index is 1.63. The number of nitrogens with zero attached hydrogens (tertiary/aromatic N) is 1. The number of hydrogen-bond donors (Lipinski definition) is 1. The van der Waals surface area contributed by atoms with Gasteiger partial charge >= 0.3 is 5.97 Å². The average molecular weight is 388 g/mol. The van der Waals surface area contributed by atoms with Crippen molar-refractivity contribution >= 4 is 28.6 Å². The molecule has 0 spiro atoms. The van der Waals surface area contributed by atoms with Crippen LogP contribution in [0.5, 0.6) is 0 Å². The molecule has 3 aromatic rings. The molecule has 0 radical (unpaired) electrons. The van der Waals surface area contributed by atoms with E-state index >= 15 is 0 Å². The molecular formula is C24H21FN2O2. The number of nitrogens with one attached hydrogen (secondary N) is 1. The molecule has 0 amide bonds. The quantitative estimate of drug-likeness (QED) is 0.636. The third-order valence-electron chi connectivity index (χ3n) is 5.81. The zero-order chi connectivity index (χ0) is 20.0. The number of hydrogen-bond acceptors (Lipinski definition) is 3. The molecule has 1 aliphatic carbocycles. The minimum absolute atomic E-state index is 0.229. The summed E-state index contributed by atoms with van der Waals surface area (Å²) in [4.78, 5) is 11.7. The van der Waals surface area contributed by atoms with Gasteiger partial charge in [0.15, 0.2) is 0 Å². The Morgan fingerprint density at radius 1 is 1.17 bits per heavy atom. The van der Waals surface area contributed by atoms with Crippen molar-refractivity contribution in [2.24, 2.45) is 0 Å². The maximum Gasteiger partial charge on any atom is 0.337 e. The highest BCUT2D eigenvalue weighted by Gasteiger charge is 2.25. The van der Waals surface area contributed by atoms with Gasteiger partial charge in [-0.3, -0.25) is 0 Å². The molecule has 2 aliphatic rings. The van der Waals surface area contributed by atoms with E-state index in [1.165, 1.54) is 25.2 Å². The average Bonchev–Trinajstić information content (AvgIpc) is 3.00. The molecule has 1 saturated carbocycles. The summed E-state index contributed by atoms with van der Waals surface area (Å²) < 4.78 is 21.1. The monoisotopic (exact) mass is 388 g/mol. The van der Waals surface area contributed by atoms with Gasteiger partial charge < -0.3 is 14.6 Å². The van der Waals surface area contributed by atoms with Crippen LogP contribution in [0, 0.1) is 5.82 Å². The summed E-state index contributed by atoms with van der Waals surface area (Å²) >= 11 is 0. The second-order valence-electron chi connectivity index (χ2n) is 7.51. The lowest BCUT2D eigenvalue weighted by molar-refractivity contribution is 0.0600. The van der Waals surface area contributed by atoms with Crippen molar-refractivity contribution in [3.63, 3.8) is 0 Å². The van der Waals surface area contributed by atoms with Crippen LogP contribution in [0.4, 0.5) is 4.39 Å². The molecule has 0 unspecified atom stereocenters. The first-order valence-electron chi connectivity index (χ1n) is 9.80. The maximum atomic E-state index is 14.1. The molecule has 5 heteroatoms. The van der Waals surface area contributed by atoms with Gasteiger partial charge in [0, 0.05) is 34.9 Å². The summed E-state index contributed by atoms with van der Waals surface area (Å²) in [6, 6.07) is 12.4. The molecule has 5 rings (SSSR count). The van der Waals surface area contributed by atoms with Gasteiger partial charge in [0.25, 0.3) is 0 Å². The van der Waals surface area contributed by atoms with Crippen LogP contribution >= 0.6 is 0 Å². The van der Waals surface area contributed by atoms with E-state index in [4.69, 9.17) is 4.74 Å². The van der Waals surface area contributed by atoms with Gasteiger partial charge in [-0.15, -0.1) is 0 Å². The van der Waals surface area contributed by atoms with Crippen LogP contribution in [0.15, 0.2) is 54.2 Å². The van der Waals surface area contributed by atoms with Crippen LogP contribution in [0.2, 0.25) is 0 Å². The number of esters is 1. The summed E-state index contributed by atoms with van der Waals surface area (Å²) in [5.74, 6) is -0.575. The van der Waals surface area contributed by atoms with Crippen LogP contribution in [0.1, 0.15) is 46.4 Å². The first kappa shape index (κ1) is 17.7. The van der Waals surface area contributed by atoms with Gasteiger partial charge in [-0.1, -0.05) is 12.1 Å². The molecule has 0 bridgehead atoms. The number of fused-ring (bicyclic) bond motifs is 3. The Morgan fingerprint density at radius 3 is 2.66 bits per heavy atom. The van der Waals surface area contributed by atoms with Crippen LogP contribution in [0.3, 0.4) is 0 Å². The number of ether oxygens (including phenoxy) is 1. The SMILES string of the molecule is COC(=O)c1ccc(Cn2c3c(c4cc(F)ccc42)C(=C2CCC2)NC=C3)cc1. The van der Waals surface area contributed by atoms with E-state index in [-0.39, 0.29) is 11.8 Å². The first-order chi connectivity index (χ1) is 14.2. The fourth-order valence-electron chi connectivity index (χ4n) is 4.16. The fourth-order valence-corrected chi connectivity index (χ4v) is 4.16. The third kappa shape index (κ3) is 2.94. The molecule has 0 saturated heterocycles.